The number of hydrogen-bond acceptors (Lipinski definition) is 1. The van der Waals surface area contributed by atoms with E-state index in [1.165, 1.54) is 13.0 Å². The molecule has 0 unspecified atom stereocenters. The van der Waals surface area contributed by atoms with E-state index in [0.717, 1.165) is 12.0 Å². The van der Waals surface area contributed by atoms with Crippen LogP contribution in [0.15, 0.2) is 23.6 Å². The molecule has 0 aliphatic heterocycles. The van der Waals surface area contributed by atoms with E-state index in [2.05, 4.69) is 0 Å². The lowest BCUT2D eigenvalue weighted by Crippen LogP contribution is -1.98. The normalized spacial score (nSPS) is 14.0. The van der Waals surface area contributed by atoms with Crippen LogP contribution in [0.3, 0.4) is 0 Å². The molecule has 0 fully saturated rings. The van der Waals surface area contributed by atoms with E-state index in [-0.39, 0.29) is 5.83 Å². The maximum Gasteiger partial charge on any atom is 0.0971 e. The van der Waals surface area contributed by atoms with Crippen LogP contribution in [0.25, 0.3) is 0 Å². The molecule has 0 saturated carbocycles. The predicted molar refractivity (Wildman–Crippen MR) is 42.3 cm³/mol. The molecular formula is C8H14FN. The second kappa shape index (κ2) is 5.18. The molecule has 0 heterocycles. The lowest BCUT2D eigenvalue weighted by atomic mass is 10.1. The number of rotatable bonds is 3. The maximum atomic E-state index is 12.2. The molecule has 0 atom stereocenters. The van der Waals surface area contributed by atoms with Gasteiger partial charge in [-0.1, -0.05) is 6.08 Å². The zero-order valence-electron chi connectivity index (χ0n) is 6.52. The quantitative estimate of drug-likeness (QED) is 0.602. The Kier molecular flexibility index (Phi) is 4.85. The Morgan fingerprint density at radius 3 is 2.50 bits per heavy atom. The van der Waals surface area contributed by atoms with Gasteiger partial charge in [0, 0.05) is 0 Å². The Hall–Kier alpha value is -0.630. The van der Waals surface area contributed by atoms with Crippen molar-refractivity contribution in [1.82, 2.24) is 0 Å². The van der Waals surface area contributed by atoms with Crippen molar-refractivity contribution in [3.05, 3.63) is 23.6 Å². The topological polar surface area (TPSA) is 26.0 Å². The van der Waals surface area contributed by atoms with Gasteiger partial charge in [0.1, 0.15) is 0 Å². The number of hydrogen-bond donors (Lipinski definition) is 1. The van der Waals surface area contributed by atoms with E-state index in [1.807, 2.05) is 13.0 Å². The highest BCUT2D eigenvalue weighted by Gasteiger charge is 1.90. The average molecular weight is 143 g/mol. The van der Waals surface area contributed by atoms with E-state index in [1.54, 1.807) is 0 Å². The minimum Gasteiger partial charge on any atom is -0.330 e. The summed E-state index contributed by atoms with van der Waals surface area (Å²) in [6.07, 6.45) is 4.13. The van der Waals surface area contributed by atoms with E-state index in [9.17, 15) is 4.39 Å². The first-order chi connectivity index (χ1) is 4.70. The highest BCUT2D eigenvalue weighted by atomic mass is 19.1. The van der Waals surface area contributed by atoms with Crippen LogP contribution in [-0.2, 0) is 0 Å². The maximum absolute atomic E-state index is 12.2. The van der Waals surface area contributed by atoms with Crippen molar-refractivity contribution in [2.45, 2.75) is 20.3 Å². The summed E-state index contributed by atoms with van der Waals surface area (Å²) in [6.45, 7) is 3.88. The molecule has 0 amide bonds. The molecule has 0 aliphatic carbocycles. The first-order valence-electron chi connectivity index (χ1n) is 3.39. The lowest BCUT2D eigenvalue weighted by molar-refractivity contribution is 0.638. The zero-order valence-corrected chi connectivity index (χ0v) is 6.52. The van der Waals surface area contributed by atoms with Gasteiger partial charge in [0.25, 0.3) is 0 Å². The average Bonchev–Trinajstić information content (AvgIpc) is 1.86. The number of allylic oxidation sites excluding steroid dienone is 3. The fraction of sp³-hybridized carbons (Fsp3) is 0.500. The molecule has 2 heteroatoms. The summed E-state index contributed by atoms with van der Waals surface area (Å²) in [5.74, 6) is -0.165. The standard InChI is InChI=1S/C8H14FN/c1-3-8(4-5-10)6-7(2)9/h3,6H,4-5,10H2,1-2H3/b7-6+,8-3-. The Bertz CT molecular complexity index is 143. The second-order valence-corrected chi connectivity index (χ2v) is 2.13. The van der Waals surface area contributed by atoms with Gasteiger partial charge in [0.2, 0.25) is 0 Å². The van der Waals surface area contributed by atoms with Gasteiger partial charge in [0.05, 0.1) is 5.83 Å². The molecule has 0 aliphatic rings. The summed E-state index contributed by atoms with van der Waals surface area (Å²) < 4.78 is 12.2. The van der Waals surface area contributed by atoms with Gasteiger partial charge >= 0.3 is 0 Å². The highest BCUT2D eigenvalue weighted by Crippen LogP contribution is 2.06. The molecule has 0 rings (SSSR count). The lowest BCUT2D eigenvalue weighted by Gasteiger charge is -1.96. The summed E-state index contributed by atoms with van der Waals surface area (Å²) in [6, 6.07) is 0. The van der Waals surface area contributed by atoms with E-state index >= 15 is 0 Å². The third-order valence-corrected chi connectivity index (χ3v) is 1.19. The van der Waals surface area contributed by atoms with Gasteiger partial charge in [-0.15, -0.1) is 0 Å². The van der Waals surface area contributed by atoms with Crippen LogP contribution in [-0.4, -0.2) is 6.54 Å². The van der Waals surface area contributed by atoms with Crippen molar-refractivity contribution in [1.29, 1.82) is 0 Å². The van der Waals surface area contributed by atoms with E-state index in [0.29, 0.717) is 6.54 Å². The third-order valence-electron chi connectivity index (χ3n) is 1.19. The van der Waals surface area contributed by atoms with Gasteiger partial charge in [-0.3, -0.25) is 0 Å². The molecule has 0 saturated heterocycles. The fourth-order valence-corrected chi connectivity index (χ4v) is 0.722. The number of nitrogens with two attached hydrogens (primary N) is 1. The van der Waals surface area contributed by atoms with Crippen molar-refractivity contribution < 1.29 is 4.39 Å². The summed E-state index contributed by atoms with van der Waals surface area (Å²) in [5, 5.41) is 0. The molecule has 0 aromatic heterocycles. The van der Waals surface area contributed by atoms with E-state index < -0.39 is 0 Å². The van der Waals surface area contributed by atoms with Gasteiger partial charge < -0.3 is 5.73 Å². The van der Waals surface area contributed by atoms with Gasteiger partial charge in [-0.2, -0.15) is 0 Å². The zero-order chi connectivity index (χ0) is 7.98. The molecule has 0 spiro atoms. The highest BCUT2D eigenvalue weighted by molar-refractivity contribution is 5.19. The Morgan fingerprint density at radius 2 is 2.20 bits per heavy atom. The third kappa shape index (κ3) is 4.27. The SMILES string of the molecule is C/C=C(\C=C(/C)F)CCN. The van der Waals surface area contributed by atoms with Gasteiger partial charge in [0.15, 0.2) is 0 Å². The molecule has 0 aromatic rings. The van der Waals surface area contributed by atoms with Crippen LogP contribution >= 0.6 is 0 Å². The van der Waals surface area contributed by atoms with Crippen LogP contribution < -0.4 is 5.73 Å². The van der Waals surface area contributed by atoms with Crippen molar-refractivity contribution in [3.8, 4) is 0 Å². The van der Waals surface area contributed by atoms with Crippen molar-refractivity contribution in [3.63, 3.8) is 0 Å². The summed E-state index contributed by atoms with van der Waals surface area (Å²) >= 11 is 0. The minimum absolute atomic E-state index is 0.165. The summed E-state index contributed by atoms with van der Waals surface area (Å²) in [7, 11) is 0. The Labute approximate surface area is 61.4 Å². The van der Waals surface area contributed by atoms with Crippen LogP contribution in [0.5, 0.6) is 0 Å². The summed E-state index contributed by atoms with van der Waals surface area (Å²) in [5.41, 5.74) is 6.25. The minimum atomic E-state index is -0.165. The predicted octanol–water partition coefficient (Wildman–Crippen LogP) is 2.15. The van der Waals surface area contributed by atoms with Crippen LogP contribution in [0, 0.1) is 0 Å². The Balaban J connectivity index is 3.98. The first-order valence-corrected chi connectivity index (χ1v) is 3.39. The molecule has 10 heavy (non-hydrogen) atoms. The van der Waals surface area contributed by atoms with Crippen molar-refractivity contribution >= 4 is 0 Å². The van der Waals surface area contributed by atoms with Crippen molar-refractivity contribution in [2.75, 3.05) is 6.54 Å². The smallest absolute Gasteiger partial charge is 0.0971 e. The summed E-state index contributed by atoms with van der Waals surface area (Å²) in [4.78, 5) is 0. The van der Waals surface area contributed by atoms with Gasteiger partial charge in [-0.05, 0) is 38.5 Å². The molecule has 1 nitrogen and oxygen atoms in total. The molecule has 2 N–H and O–H groups in total. The van der Waals surface area contributed by atoms with Gasteiger partial charge in [-0.25, -0.2) is 4.39 Å². The van der Waals surface area contributed by atoms with Crippen molar-refractivity contribution in [2.24, 2.45) is 5.73 Å². The Morgan fingerprint density at radius 1 is 1.60 bits per heavy atom. The van der Waals surface area contributed by atoms with Crippen LogP contribution in [0.2, 0.25) is 0 Å². The largest absolute Gasteiger partial charge is 0.330 e. The molecule has 58 valence electrons. The second-order valence-electron chi connectivity index (χ2n) is 2.13. The molecule has 0 aromatic carbocycles. The van der Waals surface area contributed by atoms with E-state index in [4.69, 9.17) is 5.73 Å². The van der Waals surface area contributed by atoms with Crippen LogP contribution in [0.1, 0.15) is 20.3 Å². The monoisotopic (exact) mass is 143 g/mol. The molecule has 0 bridgehead atoms. The fourth-order valence-electron chi connectivity index (χ4n) is 0.722. The molecule has 0 radical (unpaired) electrons. The van der Waals surface area contributed by atoms with Crippen LogP contribution in [0.4, 0.5) is 4.39 Å². The first kappa shape index (κ1) is 9.37. The number of halogens is 1. The molecular weight excluding hydrogens is 129 g/mol.